The summed E-state index contributed by atoms with van der Waals surface area (Å²) in [4.78, 5) is 4.18. The number of halogens is 1. The number of rotatable bonds is 4. The van der Waals surface area contributed by atoms with Crippen LogP contribution in [0.15, 0.2) is 30.0 Å². The SMILES string of the molecule is Clc1ccc(NCCC2=CCCC2)nc1. The lowest BCUT2D eigenvalue weighted by Crippen LogP contribution is -2.03. The Kier molecular flexibility index (Phi) is 3.62. The van der Waals surface area contributed by atoms with Crippen LogP contribution in [0.2, 0.25) is 5.02 Å². The molecule has 0 saturated carbocycles. The number of aromatic nitrogens is 1. The number of allylic oxidation sites excluding steroid dienone is 1. The molecule has 15 heavy (non-hydrogen) atoms. The number of hydrogen-bond acceptors (Lipinski definition) is 2. The molecule has 1 aliphatic carbocycles. The van der Waals surface area contributed by atoms with Crippen molar-refractivity contribution in [1.82, 2.24) is 4.98 Å². The molecule has 80 valence electrons. The van der Waals surface area contributed by atoms with Crippen molar-refractivity contribution in [2.24, 2.45) is 0 Å². The molecular weight excluding hydrogens is 208 g/mol. The molecule has 0 amide bonds. The van der Waals surface area contributed by atoms with E-state index >= 15 is 0 Å². The van der Waals surface area contributed by atoms with Crippen molar-refractivity contribution in [3.8, 4) is 0 Å². The maximum atomic E-state index is 5.75. The van der Waals surface area contributed by atoms with Gasteiger partial charge in [-0.3, -0.25) is 0 Å². The van der Waals surface area contributed by atoms with Crippen molar-refractivity contribution in [2.75, 3.05) is 11.9 Å². The molecule has 2 rings (SSSR count). The lowest BCUT2D eigenvalue weighted by atomic mass is 10.2. The van der Waals surface area contributed by atoms with E-state index in [0.717, 1.165) is 18.8 Å². The summed E-state index contributed by atoms with van der Waals surface area (Å²) in [6.45, 7) is 0.959. The summed E-state index contributed by atoms with van der Waals surface area (Å²) in [7, 11) is 0. The van der Waals surface area contributed by atoms with Crippen LogP contribution in [0.3, 0.4) is 0 Å². The standard InChI is InChI=1S/C12H15ClN2/c13-11-5-6-12(15-9-11)14-8-7-10-3-1-2-4-10/h3,5-6,9H,1-2,4,7-8H2,(H,14,15). The van der Waals surface area contributed by atoms with Gasteiger partial charge in [-0.2, -0.15) is 0 Å². The number of nitrogens with one attached hydrogen (secondary N) is 1. The fourth-order valence-corrected chi connectivity index (χ4v) is 1.91. The largest absolute Gasteiger partial charge is 0.370 e. The second-order valence-corrected chi connectivity index (χ2v) is 4.23. The van der Waals surface area contributed by atoms with Crippen LogP contribution in [0.4, 0.5) is 5.82 Å². The molecule has 3 heteroatoms. The highest BCUT2D eigenvalue weighted by atomic mass is 35.5. The first-order valence-electron chi connectivity index (χ1n) is 5.38. The van der Waals surface area contributed by atoms with E-state index in [1.165, 1.54) is 19.3 Å². The highest BCUT2D eigenvalue weighted by Crippen LogP contribution is 2.20. The summed E-state index contributed by atoms with van der Waals surface area (Å²) in [5, 5.41) is 3.97. The van der Waals surface area contributed by atoms with E-state index in [0.29, 0.717) is 5.02 Å². The number of hydrogen-bond donors (Lipinski definition) is 1. The van der Waals surface area contributed by atoms with Crippen molar-refractivity contribution in [1.29, 1.82) is 0 Å². The Morgan fingerprint density at radius 3 is 3.00 bits per heavy atom. The maximum absolute atomic E-state index is 5.75. The molecule has 0 aromatic carbocycles. The molecule has 0 fully saturated rings. The minimum absolute atomic E-state index is 0.680. The van der Waals surface area contributed by atoms with Gasteiger partial charge in [0.15, 0.2) is 0 Å². The second kappa shape index (κ2) is 5.17. The summed E-state index contributed by atoms with van der Waals surface area (Å²) in [5.74, 6) is 0.901. The van der Waals surface area contributed by atoms with E-state index in [4.69, 9.17) is 11.6 Å². The average Bonchev–Trinajstić information content (AvgIpc) is 2.74. The van der Waals surface area contributed by atoms with E-state index in [1.807, 2.05) is 12.1 Å². The Morgan fingerprint density at radius 2 is 2.33 bits per heavy atom. The first kappa shape index (κ1) is 10.5. The van der Waals surface area contributed by atoms with Gasteiger partial charge in [-0.15, -0.1) is 0 Å². The molecule has 1 heterocycles. The van der Waals surface area contributed by atoms with Crippen molar-refractivity contribution in [3.05, 3.63) is 35.0 Å². The zero-order valence-corrected chi connectivity index (χ0v) is 9.43. The van der Waals surface area contributed by atoms with Crippen LogP contribution in [0.5, 0.6) is 0 Å². The third-order valence-electron chi connectivity index (χ3n) is 2.61. The molecule has 0 unspecified atom stereocenters. The Bertz CT molecular complexity index is 343. The zero-order chi connectivity index (χ0) is 10.5. The third-order valence-corrected chi connectivity index (χ3v) is 2.84. The molecular formula is C12H15ClN2. The summed E-state index contributed by atoms with van der Waals surface area (Å²) in [6, 6.07) is 3.76. The van der Waals surface area contributed by atoms with Gasteiger partial charge in [0, 0.05) is 12.7 Å². The van der Waals surface area contributed by atoms with Crippen LogP contribution < -0.4 is 5.32 Å². The molecule has 0 bridgehead atoms. The van der Waals surface area contributed by atoms with E-state index in [9.17, 15) is 0 Å². The fourth-order valence-electron chi connectivity index (χ4n) is 1.80. The molecule has 1 aliphatic rings. The summed E-state index contributed by atoms with van der Waals surface area (Å²) >= 11 is 5.75. The van der Waals surface area contributed by atoms with Crippen LogP contribution in [0.25, 0.3) is 0 Å². The Morgan fingerprint density at radius 1 is 1.40 bits per heavy atom. The molecule has 1 aromatic rings. The van der Waals surface area contributed by atoms with Gasteiger partial charge in [-0.05, 0) is 37.8 Å². The van der Waals surface area contributed by atoms with Gasteiger partial charge in [-0.1, -0.05) is 23.3 Å². The van der Waals surface area contributed by atoms with Gasteiger partial charge in [-0.25, -0.2) is 4.98 Å². The highest BCUT2D eigenvalue weighted by molar-refractivity contribution is 6.30. The molecule has 0 spiro atoms. The van der Waals surface area contributed by atoms with Gasteiger partial charge in [0.1, 0.15) is 5.82 Å². The quantitative estimate of drug-likeness (QED) is 0.787. The summed E-state index contributed by atoms with van der Waals surface area (Å²) in [6.07, 6.45) is 9.01. The third kappa shape index (κ3) is 3.24. The second-order valence-electron chi connectivity index (χ2n) is 3.79. The summed E-state index contributed by atoms with van der Waals surface area (Å²) < 4.78 is 0. The van der Waals surface area contributed by atoms with Crippen LogP contribution in [0, 0.1) is 0 Å². The van der Waals surface area contributed by atoms with Crippen LogP contribution >= 0.6 is 11.6 Å². The molecule has 1 N–H and O–H groups in total. The van der Waals surface area contributed by atoms with Crippen molar-refractivity contribution in [2.45, 2.75) is 25.7 Å². The maximum Gasteiger partial charge on any atom is 0.125 e. The van der Waals surface area contributed by atoms with Gasteiger partial charge in [0.05, 0.1) is 5.02 Å². The van der Waals surface area contributed by atoms with Gasteiger partial charge in [0.2, 0.25) is 0 Å². The smallest absolute Gasteiger partial charge is 0.125 e. The topological polar surface area (TPSA) is 24.9 Å². The number of nitrogens with zero attached hydrogens (tertiary/aromatic N) is 1. The van der Waals surface area contributed by atoms with E-state index < -0.39 is 0 Å². The van der Waals surface area contributed by atoms with E-state index in [2.05, 4.69) is 16.4 Å². The van der Waals surface area contributed by atoms with E-state index in [1.54, 1.807) is 11.8 Å². The Hall–Kier alpha value is -1.02. The van der Waals surface area contributed by atoms with Crippen molar-refractivity contribution in [3.63, 3.8) is 0 Å². The van der Waals surface area contributed by atoms with Crippen LogP contribution in [-0.2, 0) is 0 Å². The predicted octanol–water partition coefficient (Wildman–Crippen LogP) is 3.65. The fraction of sp³-hybridized carbons (Fsp3) is 0.417. The minimum Gasteiger partial charge on any atom is -0.370 e. The molecule has 0 aliphatic heterocycles. The first-order chi connectivity index (χ1) is 7.34. The minimum atomic E-state index is 0.680. The van der Waals surface area contributed by atoms with Crippen molar-refractivity contribution < 1.29 is 0 Å². The Balaban J connectivity index is 1.75. The monoisotopic (exact) mass is 222 g/mol. The average molecular weight is 223 g/mol. The van der Waals surface area contributed by atoms with Crippen molar-refractivity contribution >= 4 is 17.4 Å². The Labute approximate surface area is 95.4 Å². The first-order valence-corrected chi connectivity index (χ1v) is 5.76. The van der Waals surface area contributed by atoms with E-state index in [-0.39, 0.29) is 0 Å². The number of pyridine rings is 1. The van der Waals surface area contributed by atoms with Crippen LogP contribution in [0.1, 0.15) is 25.7 Å². The molecule has 1 aromatic heterocycles. The molecule has 0 radical (unpaired) electrons. The molecule has 0 saturated heterocycles. The molecule has 0 atom stereocenters. The lowest BCUT2D eigenvalue weighted by Gasteiger charge is -2.05. The van der Waals surface area contributed by atoms with Gasteiger partial charge < -0.3 is 5.32 Å². The summed E-state index contributed by atoms with van der Waals surface area (Å²) in [5.41, 5.74) is 1.58. The predicted molar refractivity (Wildman–Crippen MR) is 64.3 cm³/mol. The number of anilines is 1. The van der Waals surface area contributed by atoms with Gasteiger partial charge >= 0.3 is 0 Å². The lowest BCUT2D eigenvalue weighted by molar-refractivity contribution is 0.862. The van der Waals surface area contributed by atoms with Gasteiger partial charge in [0.25, 0.3) is 0 Å². The normalized spacial score (nSPS) is 15.1. The zero-order valence-electron chi connectivity index (χ0n) is 8.67. The molecule has 2 nitrogen and oxygen atoms in total. The highest BCUT2D eigenvalue weighted by Gasteiger charge is 2.03. The van der Waals surface area contributed by atoms with Crippen LogP contribution in [-0.4, -0.2) is 11.5 Å².